The first-order valence-corrected chi connectivity index (χ1v) is 6.82. The van der Waals surface area contributed by atoms with Gasteiger partial charge in [-0.3, -0.25) is 5.43 Å². The van der Waals surface area contributed by atoms with Gasteiger partial charge in [-0.25, -0.2) is 10.2 Å². The second-order valence-electron chi connectivity index (χ2n) is 3.68. The average molecular weight is 310 g/mol. The van der Waals surface area contributed by atoms with E-state index in [1.165, 1.54) is 0 Å². The Morgan fingerprint density at radius 2 is 1.24 bits per heavy atom. The van der Waals surface area contributed by atoms with Gasteiger partial charge in [-0.1, -0.05) is 0 Å². The highest BCUT2D eigenvalue weighted by Crippen LogP contribution is 1.83. The van der Waals surface area contributed by atoms with E-state index in [4.69, 9.17) is 28.8 Å². The number of ether oxygens (including phenoxy) is 5. The number of aliphatic hydroxyl groups excluding tert-OH is 1. The number of hydrazine groups is 1. The molecule has 0 aromatic heterocycles. The van der Waals surface area contributed by atoms with Crippen LogP contribution in [0.3, 0.4) is 0 Å². The molecule has 0 spiro atoms. The topological polar surface area (TPSA) is 108 Å². The van der Waals surface area contributed by atoms with Crippen molar-refractivity contribution in [3.63, 3.8) is 0 Å². The summed E-state index contributed by atoms with van der Waals surface area (Å²) in [5, 5.41) is 8.47. The molecule has 0 atom stereocenters. The minimum atomic E-state index is -0.544. The fraction of sp³-hybridized carbons (Fsp3) is 0.917. The predicted molar refractivity (Wildman–Crippen MR) is 73.9 cm³/mol. The van der Waals surface area contributed by atoms with Gasteiger partial charge in [0.2, 0.25) is 0 Å². The summed E-state index contributed by atoms with van der Waals surface area (Å²) in [6.07, 6.45) is -0.544. The Morgan fingerprint density at radius 1 is 0.810 bits per heavy atom. The predicted octanol–water partition coefficient (Wildman–Crippen LogP) is -1.09. The van der Waals surface area contributed by atoms with Gasteiger partial charge in [0.05, 0.1) is 59.5 Å². The van der Waals surface area contributed by atoms with E-state index in [0.29, 0.717) is 52.9 Å². The van der Waals surface area contributed by atoms with Gasteiger partial charge in [0.25, 0.3) is 0 Å². The van der Waals surface area contributed by atoms with Gasteiger partial charge in [-0.05, 0) is 0 Å². The third-order valence-electron chi connectivity index (χ3n) is 2.04. The molecule has 0 radical (unpaired) electrons. The van der Waals surface area contributed by atoms with Crippen molar-refractivity contribution < 1.29 is 33.6 Å². The van der Waals surface area contributed by atoms with Gasteiger partial charge in [0.1, 0.15) is 6.61 Å². The zero-order valence-electron chi connectivity index (χ0n) is 12.5. The Hall–Kier alpha value is -0.970. The second kappa shape index (κ2) is 17.1. The minimum Gasteiger partial charge on any atom is -0.446 e. The molecular weight excluding hydrogens is 284 g/mol. The van der Waals surface area contributed by atoms with Crippen molar-refractivity contribution in [2.75, 3.05) is 73.1 Å². The smallest absolute Gasteiger partial charge is 0.421 e. The first-order chi connectivity index (χ1) is 10.3. The summed E-state index contributed by atoms with van der Waals surface area (Å²) in [6, 6.07) is 0. The number of hydrogen-bond acceptors (Lipinski definition) is 8. The Kier molecular flexibility index (Phi) is 16.3. The Labute approximate surface area is 124 Å². The molecule has 0 saturated carbocycles. The van der Waals surface area contributed by atoms with Crippen molar-refractivity contribution in [2.24, 2.45) is 0 Å². The largest absolute Gasteiger partial charge is 0.446 e. The third-order valence-corrected chi connectivity index (χ3v) is 2.04. The lowest BCUT2D eigenvalue weighted by molar-refractivity contribution is -0.00946. The van der Waals surface area contributed by atoms with E-state index in [1.54, 1.807) is 7.05 Å². The summed E-state index contributed by atoms with van der Waals surface area (Å²) >= 11 is 0. The fourth-order valence-corrected chi connectivity index (χ4v) is 1.16. The van der Waals surface area contributed by atoms with Crippen LogP contribution in [-0.2, 0) is 23.7 Å². The van der Waals surface area contributed by atoms with Crippen molar-refractivity contribution >= 4 is 6.09 Å². The number of carbonyl (C=O) groups excluding carboxylic acids is 1. The third kappa shape index (κ3) is 17.0. The van der Waals surface area contributed by atoms with Gasteiger partial charge in [0.15, 0.2) is 0 Å². The lowest BCUT2D eigenvalue weighted by Gasteiger charge is -2.08. The summed E-state index contributed by atoms with van der Waals surface area (Å²) in [5.41, 5.74) is 4.72. The van der Waals surface area contributed by atoms with Gasteiger partial charge in [-0.15, -0.1) is 0 Å². The summed E-state index contributed by atoms with van der Waals surface area (Å²) in [7, 11) is 1.57. The molecule has 0 unspecified atom stereocenters. The highest BCUT2D eigenvalue weighted by molar-refractivity contribution is 5.66. The van der Waals surface area contributed by atoms with Gasteiger partial charge in [-0.2, -0.15) is 0 Å². The Bertz CT molecular complexity index is 232. The Balaban J connectivity index is 3.01. The molecule has 1 amide bonds. The zero-order valence-corrected chi connectivity index (χ0v) is 12.5. The molecule has 21 heavy (non-hydrogen) atoms. The van der Waals surface area contributed by atoms with E-state index in [2.05, 4.69) is 10.9 Å². The SMILES string of the molecule is CNNC(=O)OCCOCCOCCOCCOCCO. The van der Waals surface area contributed by atoms with Crippen molar-refractivity contribution in [3.05, 3.63) is 0 Å². The molecule has 0 aromatic carbocycles. The molecule has 9 nitrogen and oxygen atoms in total. The number of nitrogens with one attached hydrogen (secondary N) is 2. The molecular formula is C12H26N2O7. The van der Waals surface area contributed by atoms with Crippen LogP contribution in [0.15, 0.2) is 0 Å². The van der Waals surface area contributed by atoms with E-state index in [9.17, 15) is 4.79 Å². The van der Waals surface area contributed by atoms with Gasteiger partial charge >= 0.3 is 6.09 Å². The van der Waals surface area contributed by atoms with Gasteiger partial charge in [0, 0.05) is 7.05 Å². The molecule has 0 saturated heterocycles. The second-order valence-corrected chi connectivity index (χ2v) is 3.68. The molecule has 3 N–H and O–H groups in total. The van der Waals surface area contributed by atoms with Gasteiger partial charge < -0.3 is 28.8 Å². The summed E-state index contributed by atoms with van der Waals surface area (Å²) in [6.45, 7) is 3.64. The molecule has 126 valence electrons. The van der Waals surface area contributed by atoms with E-state index >= 15 is 0 Å². The first kappa shape index (κ1) is 20.0. The minimum absolute atomic E-state index is 0.0221. The van der Waals surface area contributed by atoms with E-state index in [-0.39, 0.29) is 13.2 Å². The monoisotopic (exact) mass is 310 g/mol. The van der Waals surface area contributed by atoms with Crippen LogP contribution in [0.1, 0.15) is 0 Å². The van der Waals surface area contributed by atoms with E-state index in [0.717, 1.165) is 0 Å². The molecule has 0 aliphatic heterocycles. The number of aliphatic hydroxyl groups is 1. The maximum atomic E-state index is 10.9. The summed E-state index contributed by atoms with van der Waals surface area (Å²) in [4.78, 5) is 10.9. The Morgan fingerprint density at radius 3 is 1.67 bits per heavy atom. The molecule has 0 aliphatic rings. The van der Waals surface area contributed by atoms with Crippen molar-refractivity contribution in [1.29, 1.82) is 0 Å². The molecule has 0 bridgehead atoms. The summed E-state index contributed by atoms with van der Waals surface area (Å²) in [5.74, 6) is 0. The molecule has 0 heterocycles. The van der Waals surface area contributed by atoms with Crippen LogP contribution in [0.4, 0.5) is 4.79 Å². The zero-order chi connectivity index (χ0) is 15.6. The van der Waals surface area contributed by atoms with E-state index < -0.39 is 6.09 Å². The average Bonchev–Trinajstić information content (AvgIpc) is 2.48. The van der Waals surface area contributed by atoms with Crippen molar-refractivity contribution in [1.82, 2.24) is 10.9 Å². The number of hydrogen-bond donors (Lipinski definition) is 3. The van der Waals surface area contributed by atoms with Crippen LogP contribution in [0.2, 0.25) is 0 Å². The quantitative estimate of drug-likeness (QED) is 0.259. The molecule has 0 aromatic rings. The molecule has 9 heteroatoms. The van der Waals surface area contributed by atoms with Crippen LogP contribution < -0.4 is 10.9 Å². The van der Waals surface area contributed by atoms with Crippen LogP contribution in [0, 0.1) is 0 Å². The molecule has 0 fully saturated rings. The fourth-order valence-electron chi connectivity index (χ4n) is 1.16. The molecule has 0 aliphatic carbocycles. The van der Waals surface area contributed by atoms with Crippen molar-refractivity contribution in [2.45, 2.75) is 0 Å². The number of rotatable bonds is 15. The highest BCUT2D eigenvalue weighted by Gasteiger charge is 1.98. The van der Waals surface area contributed by atoms with Crippen LogP contribution in [-0.4, -0.2) is 84.3 Å². The maximum absolute atomic E-state index is 10.9. The van der Waals surface area contributed by atoms with Crippen molar-refractivity contribution in [3.8, 4) is 0 Å². The van der Waals surface area contributed by atoms with Crippen LogP contribution in [0.5, 0.6) is 0 Å². The number of amides is 1. The van der Waals surface area contributed by atoms with E-state index in [1.807, 2.05) is 0 Å². The first-order valence-electron chi connectivity index (χ1n) is 6.82. The molecule has 0 rings (SSSR count). The highest BCUT2D eigenvalue weighted by atomic mass is 16.6. The summed E-state index contributed by atoms with van der Waals surface area (Å²) < 4.78 is 25.5. The lowest BCUT2D eigenvalue weighted by atomic mass is 10.7. The van der Waals surface area contributed by atoms with Crippen LogP contribution in [0.25, 0.3) is 0 Å². The lowest BCUT2D eigenvalue weighted by Crippen LogP contribution is -2.35. The number of carbonyl (C=O) groups is 1. The normalized spacial score (nSPS) is 10.6. The maximum Gasteiger partial charge on any atom is 0.421 e. The standard InChI is InChI=1S/C12H26N2O7/c1-13-14-12(16)21-11-10-20-9-8-19-7-6-18-5-4-17-3-2-15/h13,15H,2-11H2,1H3,(H,14,16). The van der Waals surface area contributed by atoms with Crippen LogP contribution >= 0.6 is 0 Å².